The molecule has 0 amide bonds. The molecule has 0 spiro atoms. The number of para-hydroxylation sites is 1. The molecule has 0 atom stereocenters. The van der Waals surface area contributed by atoms with E-state index in [1.807, 2.05) is 54.6 Å². The fourth-order valence-corrected chi connectivity index (χ4v) is 2.10. The van der Waals surface area contributed by atoms with Gasteiger partial charge < -0.3 is 15.4 Å². The number of benzene rings is 2. The standard InChI is InChI=1S/C18H22N2OS/c1-14(2)12-13-19-18(22)20-15-8-10-17(11-9-15)21-16-6-4-3-5-7-16/h3-11,14H,12-13H2,1-2H3,(H2,19,20,22). The molecule has 2 N–H and O–H groups in total. The molecule has 2 aromatic carbocycles. The van der Waals surface area contributed by atoms with Crippen molar-refractivity contribution in [2.45, 2.75) is 20.3 Å². The molecule has 0 bridgehead atoms. The lowest BCUT2D eigenvalue weighted by atomic mass is 10.1. The molecule has 4 heteroatoms. The molecule has 0 aromatic heterocycles. The van der Waals surface area contributed by atoms with Crippen LogP contribution >= 0.6 is 12.2 Å². The van der Waals surface area contributed by atoms with Crippen LogP contribution in [0.1, 0.15) is 20.3 Å². The highest BCUT2D eigenvalue weighted by Gasteiger charge is 2.00. The summed E-state index contributed by atoms with van der Waals surface area (Å²) in [6.07, 6.45) is 1.10. The van der Waals surface area contributed by atoms with Crippen LogP contribution < -0.4 is 15.4 Å². The van der Waals surface area contributed by atoms with E-state index in [1.54, 1.807) is 0 Å². The Labute approximate surface area is 137 Å². The average Bonchev–Trinajstić information content (AvgIpc) is 2.50. The molecule has 0 fully saturated rings. The maximum absolute atomic E-state index is 5.75. The molecule has 0 saturated carbocycles. The molecule has 3 nitrogen and oxygen atoms in total. The molecule has 0 heterocycles. The van der Waals surface area contributed by atoms with Crippen LogP contribution in [0.2, 0.25) is 0 Å². The molecular weight excluding hydrogens is 292 g/mol. The molecule has 0 aliphatic carbocycles. The highest BCUT2D eigenvalue weighted by molar-refractivity contribution is 7.80. The third-order valence-corrected chi connectivity index (χ3v) is 3.34. The zero-order chi connectivity index (χ0) is 15.8. The van der Waals surface area contributed by atoms with Gasteiger partial charge in [-0.3, -0.25) is 0 Å². The summed E-state index contributed by atoms with van der Waals surface area (Å²) in [4.78, 5) is 0. The summed E-state index contributed by atoms with van der Waals surface area (Å²) >= 11 is 5.27. The van der Waals surface area contributed by atoms with E-state index in [0.29, 0.717) is 11.0 Å². The number of rotatable bonds is 6. The van der Waals surface area contributed by atoms with Gasteiger partial charge in [0.1, 0.15) is 11.5 Å². The second-order valence-corrected chi connectivity index (χ2v) is 5.91. The first-order chi connectivity index (χ1) is 10.6. The molecule has 0 radical (unpaired) electrons. The normalized spacial score (nSPS) is 10.3. The zero-order valence-corrected chi connectivity index (χ0v) is 13.8. The van der Waals surface area contributed by atoms with E-state index in [0.717, 1.165) is 30.2 Å². The first-order valence-corrected chi connectivity index (χ1v) is 7.92. The molecule has 2 rings (SSSR count). The fraction of sp³-hybridized carbons (Fsp3) is 0.278. The zero-order valence-electron chi connectivity index (χ0n) is 13.0. The third-order valence-electron chi connectivity index (χ3n) is 3.10. The lowest BCUT2D eigenvalue weighted by Gasteiger charge is -2.12. The van der Waals surface area contributed by atoms with Gasteiger partial charge >= 0.3 is 0 Å². The van der Waals surface area contributed by atoms with Gasteiger partial charge in [0.2, 0.25) is 0 Å². The van der Waals surface area contributed by atoms with Gasteiger partial charge in [-0.25, -0.2) is 0 Å². The minimum Gasteiger partial charge on any atom is -0.457 e. The van der Waals surface area contributed by atoms with Crippen LogP contribution in [-0.2, 0) is 0 Å². The van der Waals surface area contributed by atoms with Crippen LogP contribution in [0.15, 0.2) is 54.6 Å². The van der Waals surface area contributed by atoms with Crippen molar-refractivity contribution >= 4 is 23.0 Å². The van der Waals surface area contributed by atoms with Gasteiger partial charge in [-0.15, -0.1) is 0 Å². The van der Waals surface area contributed by atoms with Gasteiger partial charge in [0, 0.05) is 12.2 Å². The molecule has 0 saturated heterocycles. The molecule has 0 aliphatic rings. The van der Waals surface area contributed by atoms with Gasteiger partial charge in [0.25, 0.3) is 0 Å². The Balaban J connectivity index is 1.82. The molecule has 0 aliphatic heterocycles. The van der Waals surface area contributed by atoms with E-state index >= 15 is 0 Å². The topological polar surface area (TPSA) is 33.3 Å². The number of hydrogen-bond acceptors (Lipinski definition) is 2. The largest absolute Gasteiger partial charge is 0.457 e. The van der Waals surface area contributed by atoms with E-state index in [-0.39, 0.29) is 0 Å². The van der Waals surface area contributed by atoms with Crippen molar-refractivity contribution < 1.29 is 4.74 Å². The number of ether oxygens (including phenoxy) is 1. The van der Waals surface area contributed by atoms with Gasteiger partial charge in [0.15, 0.2) is 5.11 Å². The quantitative estimate of drug-likeness (QED) is 0.750. The Morgan fingerprint density at radius 2 is 1.64 bits per heavy atom. The molecule has 22 heavy (non-hydrogen) atoms. The van der Waals surface area contributed by atoms with Crippen molar-refractivity contribution in [3.05, 3.63) is 54.6 Å². The van der Waals surface area contributed by atoms with E-state index in [2.05, 4.69) is 24.5 Å². The number of thiocarbonyl (C=S) groups is 1. The number of nitrogens with one attached hydrogen (secondary N) is 2. The Kier molecular flexibility index (Phi) is 6.22. The Hall–Kier alpha value is -2.07. The predicted molar refractivity (Wildman–Crippen MR) is 96.6 cm³/mol. The average molecular weight is 314 g/mol. The van der Waals surface area contributed by atoms with E-state index in [9.17, 15) is 0 Å². The summed E-state index contributed by atoms with van der Waals surface area (Å²) in [6.45, 7) is 5.28. The Morgan fingerprint density at radius 1 is 1.00 bits per heavy atom. The van der Waals surface area contributed by atoms with Crippen molar-refractivity contribution in [3.8, 4) is 11.5 Å². The van der Waals surface area contributed by atoms with Crippen molar-refractivity contribution in [3.63, 3.8) is 0 Å². The predicted octanol–water partition coefficient (Wildman–Crippen LogP) is 4.81. The van der Waals surface area contributed by atoms with E-state index < -0.39 is 0 Å². The van der Waals surface area contributed by atoms with Crippen molar-refractivity contribution in [2.75, 3.05) is 11.9 Å². The van der Waals surface area contributed by atoms with Crippen LogP contribution in [0, 0.1) is 5.92 Å². The van der Waals surface area contributed by atoms with E-state index in [4.69, 9.17) is 17.0 Å². The summed E-state index contributed by atoms with van der Waals surface area (Å²) in [6, 6.07) is 17.5. The summed E-state index contributed by atoms with van der Waals surface area (Å²) in [5, 5.41) is 7.03. The lowest BCUT2D eigenvalue weighted by Crippen LogP contribution is -2.29. The molecular formula is C18H22N2OS. The summed E-state index contributed by atoms with van der Waals surface area (Å²) in [5.74, 6) is 2.30. The maximum Gasteiger partial charge on any atom is 0.170 e. The van der Waals surface area contributed by atoms with Gasteiger partial charge in [-0.1, -0.05) is 32.0 Å². The van der Waals surface area contributed by atoms with E-state index in [1.165, 1.54) is 0 Å². The van der Waals surface area contributed by atoms with Crippen LogP contribution in [0.3, 0.4) is 0 Å². The third kappa shape index (κ3) is 5.74. The van der Waals surface area contributed by atoms with Crippen LogP contribution in [0.25, 0.3) is 0 Å². The van der Waals surface area contributed by atoms with Gasteiger partial charge in [-0.05, 0) is 61.0 Å². The van der Waals surface area contributed by atoms with Crippen molar-refractivity contribution in [1.29, 1.82) is 0 Å². The lowest BCUT2D eigenvalue weighted by molar-refractivity contribution is 0.483. The van der Waals surface area contributed by atoms with Gasteiger partial charge in [-0.2, -0.15) is 0 Å². The fourth-order valence-electron chi connectivity index (χ4n) is 1.88. The Bertz CT molecular complexity index is 582. The molecule has 116 valence electrons. The summed E-state index contributed by atoms with van der Waals surface area (Å²) < 4.78 is 5.75. The minimum absolute atomic E-state index is 0.650. The number of hydrogen-bond donors (Lipinski definition) is 2. The number of anilines is 1. The second-order valence-electron chi connectivity index (χ2n) is 5.50. The Morgan fingerprint density at radius 3 is 2.27 bits per heavy atom. The highest BCUT2D eigenvalue weighted by atomic mass is 32.1. The van der Waals surface area contributed by atoms with Crippen LogP contribution in [0.4, 0.5) is 5.69 Å². The van der Waals surface area contributed by atoms with Crippen molar-refractivity contribution in [2.24, 2.45) is 5.92 Å². The molecule has 0 unspecified atom stereocenters. The molecule has 2 aromatic rings. The van der Waals surface area contributed by atoms with Gasteiger partial charge in [0.05, 0.1) is 0 Å². The highest BCUT2D eigenvalue weighted by Crippen LogP contribution is 2.22. The second kappa shape index (κ2) is 8.39. The first-order valence-electron chi connectivity index (χ1n) is 7.51. The first kappa shape index (κ1) is 16.3. The monoisotopic (exact) mass is 314 g/mol. The van der Waals surface area contributed by atoms with Crippen molar-refractivity contribution in [1.82, 2.24) is 5.32 Å². The smallest absolute Gasteiger partial charge is 0.170 e. The summed E-state index contributed by atoms with van der Waals surface area (Å²) in [7, 11) is 0. The SMILES string of the molecule is CC(C)CCNC(=S)Nc1ccc(Oc2ccccc2)cc1. The van der Waals surface area contributed by atoms with Crippen LogP contribution in [0.5, 0.6) is 11.5 Å². The minimum atomic E-state index is 0.650. The van der Waals surface area contributed by atoms with Crippen LogP contribution in [-0.4, -0.2) is 11.7 Å². The summed E-state index contributed by atoms with van der Waals surface area (Å²) in [5.41, 5.74) is 0.947. The maximum atomic E-state index is 5.75.